The van der Waals surface area contributed by atoms with Crippen LogP contribution in [0.3, 0.4) is 0 Å². The number of sulfone groups is 1. The Bertz CT molecular complexity index is 739. The summed E-state index contributed by atoms with van der Waals surface area (Å²) in [4.78, 5) is 11.4. The summed E-state index contributed by atoms with van der Waals surface area (Å²) in [6, 6.07) is 7.21. The minimum Gasteiger partial charge on any atom is -0.355 e. The SMILES string of the molecule is CNC(=O)c1ccc(CSc2nnc(S(C)(=O)=O)s2)cc1. The maximum atomic E-state index is 11.4. The van der Waals surface area contributed by atoms with Gasteiger partial charge in [-0.15, -0.1) is 10.2 Å². The van der Waals surface area contributed by atoms with Gasteiger partial charge in [0.2, 0.25) is 14.2 Å². The molecule has 1 amide bonds. The van der Waals surface area contributed by atoms with Crippen molar-refractivity contribution in [2.24, 2.45) is 0 Å². The van der Waals surface area contributed by atoms with E-state index in [1.54, 1.807) is 19.2 Å². The highest BCUT2D eigenvalue weighted by atomic mass is 32.2. The van der Waals surface area contributed by atoms with E-state index in [2.05, 4.69) is 15.5 Å². The van der Waals surface area contributed by atoms with Gasteiger partial charge in [0.1, 0.15) is 0 Å². The molecule has 0 atom stereocenters. The van der Waals surface area contributed by atoms with E-state index in [0.717, 1.165) is 23.2 Å². The molecule has 2 rings (SSSR count). The minimum atomic E-state index is -3.30. The molecule has 0 fully saturated rings. The van der Waals surface area contributed by atoms with E-state index in [1.807, 2.05) is 12.1 Å². The largest absolute Gasteiger partial charge is 0.355 e. The molecule has 0 spiro atoms. The highest BCUT2D eigenvalue weighted by molar-refractivity contribution is 8.00. The van der Waals surface area contributed by atoms with Crippen LogP contribution in [0.5, 0.6) is 0 Å². The molecule has 0 aliphatic rings. The van der Waals surface area contributed by atoms with Crippen LogP contribution < -0.4 is 5.32 Å². The Morgan fingerprint density at radius 2 is 1.95 bits per heavy atom. The highest BCUT2D eigenvalue weighted by Gasteiger charge is 2.14. The zero-order chi connectivity index (χ0) is 15.5. The third-order valence-electron chi connectivity index (χ3n) is 2.51. The van der Waals surface area contributed by atoms with Gasteiger partial charge in [-0.05, 0) is 17.7 Å². The van der Waals surface area contributed by atoms with Gasteiger partial charge in [0, 0.05) is 24.6 Å². The fourth-order valence-electron chi connectivity index (χ4n) is 1.45. The summed E-state index contributed by atoms with van der Waals surface area (Å²) >= 11 is 2.47. The third-order valence-corrected chi connectivity index (χ3v) is 6.31. The summed E-state index contributed by atoms with van der Waals surface area (Å²) in [7, 11) is -1.71. The molecular weight excluding hydrogens is 330 g/mol. The molecule has 9 heteroatoms. The molecule has 0 aliphatic carbocycles. The van der Waals surface area contributed by atoms with Crippen molar-refractivity contribution >= 4 is 38.8 Å². The summed E-state index contributed by atoms with van der Waals surface area (Å²) in [6.07, 6.45) is 1.11. The Balaban J connectivity index is 2.00. The Labute approximate surface area is 130 Å². The minimum absolute atomic E-state index is 0.0277. The number of rotatable bonds is 5. The molecule has 0 saturated carbocycles. The third kappa shape index (κ3) is 4.26. The Hall–Kier alpha value is -1.45. The zero-order valence-corrected chi connectivity index (χ0v) is 13.8. The van der Waals surface area contributed by atoms with E-state index in [1.165, 1.54) is 11.8 Å². The maximum absolute atomic E-state index is 11.4. The lowest BCUT2D eigenvalue weighted by Crippen LogP contribution is -2.17. The number of carbonyl (C=O) groups is 1. The van der Waals surface area contributed by atoms with E-state index < -0.39 is 9.84 Å². The molecule has 1 N–H and O–H groups in total. The topological polar surface area (TPSA) is 89.0 Å². The number of nitrogens with one attached hydrogen (secondary N) is 1. The van der Waals surface area contributed by atoms with Crippen molar-refractivity contribution < 1.29 is 13.2 Å². The maximum Gasteiger partial charge on any atom is 0.251 e. The van der Waals surface area contributed by atoms with Gasteiger partial charge < -0.3 is 5.32 Å². The van der Waals surface area contributed by atoms with Gasteiger partial charge in [-0.3, -0.25) is 4.79 Å². The van der Waals surface area contributed by atoms with Crippen LogP contribution in [0.4, 0.5) is 0 Å². The van der Waals surface area contributed by atoms with Gasteiger partial charge in [-0.1, -0.05) is 35.2 Å². The first-order valence-electron chi connectivity index (χ1n) is 5.87. The summed E-state index contributed by atoms with van der Waals surface area (Å²) in [5, 5.41) is 10.1. The Morgan fingerprint density at radius 3 is 2.48 bits per heavy atom. The number of carbonyl (C=O) groups excluding carboxylic acids is 1. The molecular formula is C12H13N3O3S3. The summed E-state index contributed by atoms with van der Waals surface area (Å²) in [6.45, 7) is 0. The van der Waals surface area contributed by atoms with Crippen LogP contribution in [0.2, 0.25) is 0 Å². The van der Waals surface area contributed by atoms with Gasteiger partial charge in [0.05, 0.1) is 0 Å². The number of aromatic nitrogens is 2. The van der Waals surface area contributed by atoms with Gasteiger partial charge >= 0.3 is 0 Å². The standard InChI is InChI=1S/C12H13N3O3S3/c1-13-10(16)9-5-3-8(4-6-9)7-19-11-14-15-12(20-11)21(2,17)18/h3-6H,7H2,1-2H3,(H,13,16). The predicted octanol–water partition coefficient (Wildman–Crippen LogP) is 1.59. The molecule has 0 radical (unpaired) electrons. The molecule has 1 heterocycles. The van der Waals surface area contributed by atoms with Crippen LogP contribution in [0.1, 0.15) is 15.9 Å². The van der Waals surface area contributed by atoms with Crippen LogP contribution >= 0.6 is 23.1 Å². The number of hydrogen-bond donors (Lipinski definition) is 1. The first-order valence-corrected chi connectivity index (χ1v) is 9.57. The van der Waals surface area contributed by atoms with Crippen molar-refractivity contribution in [3.63, 3.8) is 0 Å². The normalized spacial score (nSPS) is 11.3. The van der Waals surface area contributed by atoms with Crippen LogP contribution in [0, 0.1) is 0 Å². The molecule has 0 bridgehead atoms. The number of benzene rings is 1. The van der Waals surface area contributed by atoms with Crippen LogP contribution in [-0.2, 0) is 15.6 Å². The Kier molecular flexibility index (Phi) is 4.96. The van der Waals surface area contributed by atoms with Crippen molar-refractivity contribution in [1.82, 2.24) is 15.5 Å². The van der Waals surface area contributed by atoms with Crippen molar-refractivity contribution in [1.29, 1.82) is 0 Å². The molecule has 2 aromatic rings. The summed E-state index contributed by atoms with van der Waals surface area (Å²) < 4.78 is 23.3. The second-order valence-electron chi connectivity index (χ2n) is 4.17. The smallest absolute Gasteiger partial charge is 0.251 e. The average Bonchev–Trinajstić information content (AvgIpc) is 2.94. The molecule has 21 heavy (non-hydrogen) atoms. The highest BCUT2D eigenvalue weighted by Crippen LogP contribution is 2.27. The van der Waals surface area contributed by atoms with Gasteiger partial charge in [0.15, 0.2) is 4.34 Å². The van der Waals surface area contributed by atoms with Crippen molar-refractivity contribution in [2.75, 3.05) is 13.3 Å². The summed E-state index contributed by atoms with van der Waals surface area (Å²) in [5.41, 5.74) is 1.62. The molecule has 1 aromatic carbocycles. The van der Waals surface area contributed by atoms with Crippen LogP contribution in [-0.4, -0.2) is 37.8 Å². The van der Waals surface area contributed by atoms with Crippen molar-refractivity contribution in [3.8, 4) is 0 Å². The zero-order valence-electron chi connectivity index (χ0n) is 11.4. The fourth-order valence-corrected chi connectivity index (χ4v) is 4.18. The fraction of sp³-hybridized carbons (Fsp3) is 0.250. The molecule has 0 aliphatic heterocycles. The lowest BCUT2D eigenvalue weighted by molar-refractivity contribution is 0.0963. The molecule has 0 unspecified atom stereocenters. The van der Waals surface area contributed by atoms with Gasteiger partial charge in [-0.25, -0.2) is 8.42 Å². The van der Waals surface area contributed by atoms with E-state index >= 15 is 0 Å². The summed E-state index contributed by atoms with van der Waals surface area (Å²) in [5.74, 6) is 0.503. The van der Waals surface area contributed by atoms with Crippen molar-refractivity contribution in [3.05, 3.63) is 35.4 Å². The number of amides is 1. The van der Waals surface area contributed by atoms with E-state index in [-0.39, 0.29) is 10.2 Å². The molecule has 1 aromatic heterocycles. The van der Waals surface area contributed by atoms with Crippen LogP contribution in [0.25, 0.3) is 0 Å². The second-order valence-corrected chi connectivity index (χ2v) is 8.56. The van der Waals surface area contributed by atoms with E-state index in [9.17, 15) is 13.2 Å². The monoisotopic (exact) mass is 343 g/mol. The number of hydrogen-bond acceptors (Lipinski definition) is 7. The lowest BCUT2D eigenvalue weighted by atomic mass is 10.1. The van der Waals surface area contributed by atoms with Gasteiger partial charge in [0.25, 0.3) is 5.91 Å². The van der Waals surface area contributed by atoms with Gasteiger partial charge in [-0.2, -0.15) is 0 Å². The Morgan fingerprint density at radius 1 is 1.29 bits per heavy atom. The second kappa shape index (κ2) is 6.54. The molecule has 6 nitrogen and oxygen atoms in total. The quantitative estimate of drug-likeness (QED) is 0.830. The van der Waals surface area contributed by atoms with Crippen molar-refractivity contribution in [2.45, 2.75) is 14.4 Å². The predicted molar refractivity (Wildman–Crippen MR) is 82.4 cm³/mol. The van der Waals surface area contributed by atoms with E-state index in [4.69, 9.17) is 0 Å². The van der Waals surface area contributed by atoms with E-state index in [0.29, 0.717) is 15.7 Å². The first kappa shape index (κ1) is 15.9. The number of nitrogens with zero attached hydrogens (tertiary/aromatic N) is 2. The molecule has 112 valence electrons. The van der Waals surface area contributed by atoms with Crippen LogP contribution in [0.15, 0.2) is 32.9 Å². The molecule has 0 saturated heterocycles. The number of thioether (sulfide) groups is 1. The first-order chi connectivity index (χ1) is 9.90. The lowest BCUT2D eigenvalue weighted by Gasteiger charge is -2.02. The average molecular weight is 343 g/mol.